The number of rotatable bonds is 25. The summed E-state index contributed by atoms with van der Waals surface area (Å²) in [5, 5.41) is 14.0. The van der Waals surface area contributed by atoms with Gasteiger partial charge in [-0.1, -0.05) is 42.0 Å². The van der Waals surface area contributed by atoms with Gasteiger partial charge in [0, 0.05) is 44.7 Å². The first-order chi connectivity index (χ1) is 25.3. The van der Waals surface area contributed by atoms with Gasteiger partial charge in [-0.3, -0.25) is 9.59 Å². The van der Waals surface area contributed by atoms with Crippen molar-refractivity contribution in [3.63, 3.8) is 0 Å². The van der Waals surface area contributed by atoms with Crippen molar-refractivity contribution in [2.75, 3.05) is 65.8 Å². The Morgan fingerprint density at radius 1 is 0.750 bits per heavy atom. The number of aryl methyl sites for hydroxylation is 2. The van der Waals surface area contributed by atoms with Gasteiger partial charge in [0.05, 0.1) is 47.7 Å². The van der Waals surface area contributed by atoms with Gasteiger partial charge >= 0.3 is 5.97 Å². The van der Waals surface area contributed by atoms with Crippen LogP contribution in [0.4, 0.5) is 0 Å². The van der Waals surface area contributed by atoms with Crippen LogP contribution in [0.1, 0.15) is 54.4 Å². The summed E-state index contributed by atoms with van der Waals surface area (Å²) in [5.41, 5.74) is 8.22. The number of sulfonamides is 1. The Hall–Kier alpha value is -3.98. The zero-order chi connectivity index (χ0) is 37.2. The van der Waals surface area contributed by atoms with Crippen LogP contribution in [-0.2, 0) is 35.6 Å². The number of pyridine rings is 1. The summed E-state index contributed by atoms with van der Waals surface area (Å²) in [6.07, 6.45) is 3.28. The number of carboxylic acid groups (broad SMARTS) is 1. The summed E-state index contributed by atoms with van der Waals surface area (Å²) in [6, 6.07) is 21.4. The SMILES string of the molecule is Cc1ccc(S(=O)(=O)N(CCCC(=O)O)C(=O)c2c3ccccc3[n+](CCCCNCCCOCCOCCOCCCN)c3ccccc23)cc1. The molecule has 12 nitrogen and oxygen atoms in total. The van der Waals surface area contributed by atoms with E-state index in [1.165, 1.54) is 12.1 Å². The quantitative estimate of drug-likeness (QED) is 0.0504. The minimum Gasteiger partial charge on any atom is -0.481 e. The zero-order valence-corrected chi connectivity index (χ0v) is 31.0. The molecule has 0 saturated carbocycles. The number of para-hydroxylation sites is 2. The van der Waals surface area contributed by atoms with Crippen LogP contribution in [0.3, 0.4) is 0 Å². The average Bonchev–Trinajstić information content (AvgIpc) is 3.14. The summed E-state index contributed by atoms with van der Waals surface area (Å²) < 4.78 is 47.5. The Labute approximate surface area is 306 Å². The van der Waals surface area contributed by atoms with Crippen molar-refractivity contribution in [1.29, 1.82) is 0 Å². The zero-order valence-electron chi connectivity index (χ0n) is 30.1. The molecule has 4 aromatic rings. The predicted octanol–water partition coefficient (Wildman–Crippen LogP) is 4.44. The first-order valence-corrected chi connectivity index (χ1v) is 19.5. The van der Waals surface area contributed by atoms with Crippen molar-refractivity contribution in [3.8, 4) is 0 Å². The lowest BCUT2D eigenvalue weighted by atomic mass is 10.0. The number of nitrogens with one attached hydrogen (secondary N) is 1. The maximum absolute atomic E-state index is 14.5. The lowest BCUT2D eigenvalue weighted by Gasteiger charge is -2.24. The van der Waals surface area contributed by atoms with Crippen molar-refractivity contribution in [1.82, 2.24) is 9.62 Å². The molecule has 0 spiro atoms. The highest BCUT2D eigenvalue weighted by atomic mass is 32.2. The number of amides is 1. The summed E-state index contributed by atoms with van der Waals surface area (Å²) >= 11 is 0. The molecule has 0 bridgehead atoms. The lowest BCUT2D eigenvalue weighted by molar-refractivity contribution is -0.645. The van der Waals surface area contributed by atoms with Crippen molar-refractivity contribution in [2.45, 2.75) is 56.9 Å². The minimum absolute atomic E-state index is 0.0163. The molecule has 1 amide bonds. The molecule has 52 heavy (non-hydrogen) atoms. The second-order valence-corrected chi connectivity index (χ2v) is 14.4. The van der Waals surface area contributed by atoms with Crippen LogP contribution in [0.5, 0.6) is 0 Å². The fourth-order valence-electron chi connectivity index (χ4n) is 5.93. The topological polar surface area (TPSA) is 161 Å². The van der Waals surface area contributed by atoms with E-state index in [0.717, 1.165) is 59.7 Å². The van der Waals surface area contributed by atoms with Gasteiger partial charge in [-0.2, -0.15) is 4.57 Å². The first-order valence-electron chi connectivity index (χ1n) is 18.1. The number of aliphatic carboxylic acids is 1. The molecule has 0 radical (unpaired) electrons. The van der Waals surface area contributed by atoms with Crippen LogP contribution < -0.4 is 15.6 Å². The number of hydrogen-bond donors (Lipinski definition) is 3. The summed E-state index contributed by atoms with van der Waals surface area (Å²) in [6.45, 7) is 8.14. The van der Waals surface area contributed by atoms with E-state index in [4.69, 9.17) is 19.9 Å². The molecular weight excluding hydrogens is 685 g/mol. The van der Waals surface area contributed by atoms with E-state index in [1.807, 2.05) is 55.5 Å². The summed E-state index contributed by atoms with van der Waals surface area (Å²) in [7, 11) is -4.29. The summed E-state index contributed by atoms with van der Waals surface area (Å²) in [5.74, 6) is -1.75. The molecule has 0 saturated heterocycles. The normalized spacial score (nSPS) is 11.7. The van der Waals surface area contributed by atoms with Crippen molar-refractivity contribution in [3.05, 3.63) is 83.9 Å². The Balaban J connectivity index is 1.39. The molecule has 0 aliphatic heterocycles. The Morgan fingerprint density at radius 3 is 1.90 bits per heavy atom. The maximum atomic E-state index is 14.5. The molecule has 13 heteroatoms. The number of unbranched alkanes of at least 4 members (excludes halogenated alkanes) is 1. The smallest absolute Gasteiger partial charge is 0.303 e. The van der Waals surface area contributed by atoms with E-state index in [1.54, 1.807) is 12.1 Å². The lowest BCUT2D eigenvalue weighted by Crippen LogP contribution is -2.40. The summed E-state index contributed by atoms with van der Waals surface area (Å²) in [4.78, 5) is 25.9. The molecule has 4 rings (SSSR count). The van der Waals surface area contributed by atoms with Gasteiger partial charge in [0.25, 0.3) is 15.9 Å². The van der Waals surface area contributed by atoms with E-state index in [2.05, 4.69) is 9.88 Å². The average molecular weight is 738 g/mol. The number of nitrogens with two attached hydrogens (primary N) is 1. The molecule has 0 unspecified atom stereocenters. The second kappa shape index (κ2) is 21.5. The highest BCUT2D eigenvalue weighted by molar-refractivity contribution is 7.89. The number of carbonyl (C=O) groups excluding carboxylic acids is 1. The molecule has 3 aromatic carbocycles. The highest BCUT2D eigenvalue weighted by Gasteiger charge is 2.34. The molecule has 0 aliphatic carbocycles. The number of ether oxygens (including phenoxy) is 3. The standard InChI is InChI=1S/C39H52N4O8S/c1-31-16-18-32(19-17-31)52(47,48)43(24-8-15-37(44)45)39(46)38-33-11-2-4-13-35(33)42(36-14-5-3-12-34(36)38)23-7-6-21-41-22-10-26-50-28-30-51-29-27-49-25-9-20-40/h2-5,11-14,16-19,41H,6-10,15,20-30,40H2,1H3/p+1. The fourth-order valence-corrected chi connectivity index (χ4v) is 7.34. The molecule has 0 aliphatic rings. The van der Waals surface area contributed by atoms with E-state index in [-0.39, 0.29) is 29.8 Å². The third-order valence-electron chi connectivity index (χ3n) is 8.59. The Morgan fingerprint density at radius 2 is 1.31 bits per heavy atom. The van der Waals surface area contributed by atoms with Crippen LogP contribution >= 0.6 is 0 Å². The Bertz CT molecular complexity index is 1780. The van der Waals surface area contributed by atoms with Crippen molar-refractivity contribution < 1.29 is 41.9 Å². The maximum Gasteiger partial charge on any atom is 0.303 e. The van der Waals surface area contributed by atoms with Crippen LogP contribution in [0, 0.1) is 6.92 Å². The van der Waals surface area contributed by atoms with E-state index >= 15 is 0 Å². The molecule has 1 heterocycles. The number of fused-ring (bicyclic) bond motifs is 2. The number of hydrogen-bond acceptors (Lipinski definition) is 9. The van der Waals surface area contributed by atoms with Crippen molar-refractivity contribution >= 4 is 43.7 Å². The van der Waals surface area contributed by atoms with Crippen LogP contribution in [0.2, 0.25) is 0 Å². The van der Waals surface area contributed by atoms with Crippen LogP contribution in [0.25, 0.3) is 21.8 Å². The van der Waals surface area contributed by atoms with Gasteiger partial charge < -0.3 is 30.4 Å². The molecular formula is C39H53N4O8S+. The molecule has 4 N–H and O–H groups in total. The van der Waals surface area contributed by atoms with Crippen LogP contribution in [-0.4, -0.2) is 95.5 Å². The van der Waals surface area contributed by atoms with Crippen molar-refractivity contribution in [2.24, 2.45) is 5.73 Å². The van der Waals surface area contributed by atoms with Gasteiger partial charge in [0.2, 0.25) is 11.0 Å². The third-order valence-corrected chi connectivity index (χ3v) is 10.4. The number of benzene rings is 3. The Kier molecular flexibility index (Phi) is 16.9. The van der Waals surface area contributed by atoms with Gasteiger partial charge in [0.1, 0.15) is 6.54 Å². The van der Waals surface area contributed by atoms with Gasteiger partial charge in [-0.25, -0.2) is 12.7 Å². The fraction of sp³-hybridized carbons (Fsp3) is 0.462. The van der Waals surface area contributed by atoms with E-state index < -0.39 is 21.9 Å². The highest BCUT2D eigenvalue weighted by Crippen LogP contribution is 2.29. The number of nitrogens with zero attached hydrogens (tertiary/aromatic N) is 2. The van der Waals surface area contributed by atoms with Gasteiger partial charge in [0.15, 0.2) is 0 Å². The van der Waals surface area contributed by atoms with Gasteiger partial charge in [-0.15, -0.1) is 0 Å². The van der Waals surface area contributed by atoms with E-state index in [9.17, 15) is 23.1 Å². The third kappa shape index (κ3) is 11.8. The molecule has 0 fully saturated rings. The molecule has 282 valence electrons. The molecule has 0 atom stereocenters. The van der Waals surface area contributed by atoms with Crippen LogP contribution in [0.15, 0.2) is 77.7 Å². The van der Waals surface area contributed by atoms with Gasteiger partial charge in [-0.05, 0) is 76.5 Å². The number of carbonyl (C=O) groups is 2. The first kappa shape index (κ1) is 40.8. The number of aromatic nitrogens is 1. The second-order valence-electron chi connectivity index (χ2n) is 12.5. The van der Waals surface area contributed by atoms with E-state index in [0.29, 0.717) is 63.5 Å². The number of carboxylic acids is 1. The molecule has 1 aromatic heterocycles. The predicted molar refractivity (Wildman–Crippen MR) is 201 cm³/mol. The minimum atomic E-state index is -4.29. The largest absolute Gasteiger partial charge is 0.481 e. The monoisotopic (exact) mass is 737 g/mol.